The summed E-state index contributed by atoms with van der Waals surface area (Å²) in [5, 5.41) is 0. The molecule has 6 heavy (non-hydrogen) atoms. The van der Waals surface area contributed by atoms with Crippen LogP contribution in [0.25, 0.3) is 0 Å². The SMILES string of the molecule is O=POCCS. The Labute approximate surface area is 43.6 Å². The van der Waals surface area contributed by atoms with Crippen LogP contribution in [0.3, 0.4) is 0 Å². The minimum Gasteiger partial charge on any atom is -0.294 e. The van der Waals surface area contributed by atoms with Crippen LogP contribution in [0.15, 0.2) is 0 Å². The minimum atomic E-state index is -0.253. The van der Waals surface area contributed by atoms with Gasteiger partial charge in [0, 0.05) is 5.75 Å². The van der Waals surface area contributed by atoms with E-state index in [1.807, 2.05) is 0 Å². The Hall–Kier alpha value is 0.410. The summed E-state index contributed by atoms with van der Waals surface area (Å²) in [4.78, 5) is 0. The number of rotatable bonds is 3. The predicted molar refractivity (Wildman–Crippen MR) is 27.4 cm³/mol. The van der Waals surface area contributed by atoms with Gasteiger partial charge in [0.25, 0.3) is 0 Å². The van der Waals surface area contributed by atoms with E-state index in [4.69, 9.17) is 0 Å². The van der Waals surface area contributed by atoms with Crippen molar-refractivity contribution in [1.29, 1.82) is 0 Å². The maximum atomic E-state index is 9.40. The van der Waals surface area contributed by atoms with Crippen molar-refractivity contribution < 1.29 is 9.09 Å². The summed E-state index contributed by atoms with van der Waals surface area (Å²) in [5.74, 6) is 0.620. The molecule has 0 radical (unpaired) electrons. The average Bonchev–Trinajstić information content (AvgIpc) is 1.61. The van der Waals surface area contributed by atoms with Gasteiger partial charge in [0.1, 0.15) is 0 Å². The zero-order valence-electron chi connectivity index (χ0n) is 3.13. The molecule has 4 heteroatoms. The molecule has 0 saturated carbocycles. The van der Waals surface area contributed by atoms with Gasteiger partial charge in [-0.3, -0.25) is 4.52 Å². The second kappa shape index (κ2) is 5.41. The Balaban J connectivity index is 2.49. The maximum Gasteiger partial charge on any atom is 0.327 e. The summed E-state index contributed by atoms with van der Waals surface area (Å²) in [7, 11) is -0.253. The molecule has 0 rings (SSSR count). The monoisotopic (exact) mass is 124 g/mol. The lowest BCUT2D eigenvalue weighted by atomic mass is 10.9. The van der Waals surface area contributed by atoms with Crippen molar-refractivity contribution in [2.45, 2.75) is 0 Å². The van der Waals surface area contributed by atoms with Crippen molar-refractivity contribution in [3.05, 3.63) is 0 Å². The largest absolute Gasteiger partial charge is 0.327 e. The van der Waals surface area contributed by atoms with Crippen LogP contribution < -0.4 is 0 Å². The number of hydrogen-bond acceptors (Lipinski definition) is 3. The lowest BCUT2D eigenvalue weighted by Gasteiger charge is -1.80. The molecule has 0 fully saturated rings. The highest BCUT2D eigenvalue weighted by molar-refractivity contribution is 7.80. The van der Waals surface area contributed by atoms with Crippen molar-refractivity contribution in [2.24, 2.45) is 0 Å². The summed E-state index contributed by atoms with van der Waals surface area (Å²) in [6, 6.07) is 0. The Morgan fingerprint density at radius 2 is 2.50 bits per heavy atom. The molecule has 0 aliphatic rings. The molecule has 2 nitrogen and oxygen atoms in total. The van der Waals surface area contributed by atoms with E-state index in [1.165, 1.54) is 0 Å². The molecule has 0 unspecified atom stereocenters. The van der Waals surface area contributed by atoms with Crippen molar-refractivity contribution >= 4 is 21.3 Å². The van der Waals surface area contributed by atoms with Crippen LogP contribution in [0.5, 0.6) is 0 Å². The van der Waals surface area contributed by atoms with Gasteiger partial charge < -0.3 is 0 Å². The Kier molecular flexibility index (Phi) is 5.78. The molecule has 0 aromatic heterocycles. The number of hydrogen-bond donors (Lipinski definition) is 1. The van der Waals surface area contributed by atoms with Crippen LogP contribution in [0.2, 0.25) is 0 Å². The number of thiol groups is 1. The van der Waals surface area contributed by atoms with Gasteiger partial charge in [0.15, 0.2) is 0 Å². The molecule has 0 aliphatic heterocycles. The van der Waals surface area contributed by atoms with Crippen LogP contribution in [-0.2, 0) is 9.09 Å². The summed E-state index contributed by atoms with van der Waals surface area (Å²) in [6.45, 7) is 0.453. The van der Waals surface area contributed by atoms with Gasteiger partial charge in [0.05, 0.1) is 6.61 Å². The zero-order valence-corrected chi connectivity index (χ0v) is 4.91. The van der Waals surface area contributed by atoms with Crippen molar-refractivity contribution in [2.75, 3.05) is 12.4 Å². The van der Waals surface area contributed by atoms with Gasteiger partial charge in [-0.05, 0) is 0 Å². The van der Waals surface area contributed by atoms with Crippen LogP contribution in [0.1, 0.15) is 0 Å². The summed E-state index contributed by atoms with van der Waals surface area (Å²) in [6.07, 6.45) is 0. The molecule has 36 valence electrons. The van der Waals surface area contributed by atoms with Crippen LogP contribution in [0.4, 0.5) is 0 Å². The van der Waals surface area contributed by atoms with Crippen LogP contribution in [0, 0.1) is 0 Å². The third-order valence-corrected chi connectivity index (χ3v) is 0.706. The lowest BCUT2D eigenvalue weighted by molar-refractivity contribution is 0.369. The van der Waals surface area contributed by atoms with Gasteiger partial charge in [-0.2, -0.15) is 12.6 Å². The van der Waals surface area contributed by atoms with Gasteiger partial charge >= 0.3 is 8.69 Å². The van der Waals surface area contributed by atoms with Crippen LogP contribution in [-0.4, -0.2) is 12.4 Å². The molecule has 0 saturated heterocycles. The molecule has 0 bridgehead atoms. The van der Waals surface area contributed by atoms with E-state index in [-0.39, 0.29) is 8.69 Å². The summed E-state index contributed by atoms with van der Waals surface area (Å²) < 4.78 is 13.7. The molecule has 0 aromatic rings. The zero-order chi connectivity index (χ0) is 4.83. The molecule has 0 spiro atoms. The second-order valence-corrected chi connectivity index (χ2v) is 1.49. The first-order valence-electron chi connectivity index (χ1n) is 1.47. The molecule has 0 aliphatic carbocycles. The molecule has 0 aromatic carbocycles. The first kappa shape index (κ1) is 6.41. The smallest absolute Gasteiger partial charge is 0.294 e. The Bertz CT molecular complexity index is 40.5. The van der Waals surface area contributed by atoms with E-state index in [9.17, 15) is 4.57 Å². The van der Waals surface area contributed by atoms with E-state index < -0.39 is 0 Å². The van der Waals surface area contributed by atoms with Crippen molar-refractivity contribution in [3.8, 4) is 0 Å². The standard InChI is InChI=1S/C2H5O2PS/c3-5-4-1-2-6/h6H,1-2H2. The van der Waals surface area contributed by atoms with Gasteiger partial charge in [-0.15, -0.1) is 0 Å². The predicted octanol–water partition coefficient (Wildman–Crippen LogP) is 1.14. The van der Waals surface area contributed by atoms with Gasteiger partial charge in [-0.1, -0.05) is 0 Å². The van der Waals surface area contributed by atoms with E-state index in [0.29, 0.717) is 12.4 Å². The van der Waals surface area contributed by atoms with Gasteiger partial charge in [-0.25, -0.2) is 4.57 Å². The van der Waals surface area contributed by atoms with Crippen LogP contribution >= 0.6 is 21.3 Å². The van der Waals surface area contributed by atoms with E-state index in [2.05, 4.69) is 17.2 Å². The molecule has 0 atom stereocenters. The Morgan fingerprint density at radius 1 is 1.83 bits per heavy atom. The fraction of sp³-hybridized carbons (Fsp3) is 1.00. The second-order valence-electron chi connectivity index (χ2n) is 0.631. The normalized spacial score (nSPS) is 9.50. The van der Waals surface area contributed by atoms with E-state index >= 15 is 0 Å². The quantitative estimate of drug-likeness (QED) is 0.347. The minimum absolute atomic E-state index is 0.253. The fourth-order valence-electron chi connectivity index (χ4n) is 0.0781. The average molecular weight is 124 g/mol. The van der Waals surface area contributed by atoms with E-state index in [0.717, 1.165) is 0 Å². The highest BCUT2D eigenvalue weighted by Gasteiger charge is 1.75. The topological polar surface area (TPSA) is 26.3 Å². The first-order valence-corrected chi connectivity index (χ1v) is 2.83. The third kappa shape index (κ3) is 4.41. The molecule has 0 heterocycles. The highest BCUT2D eigenvalue weighted by atomic mass is 32.1. The third-order valence-electron chi connectivity index (χ3n) is 0.235. The van der Waals surface area contributed by atoms with Gasteiger partial charge in [0.2, 0.25) is 0 Å². The fourth-order valence-corrected chi connectivity index (χ4v) is 0.479. The van der Waals surface area contributed by atoms with Crippen molar-refractivity contribution in [1.82, 2.24) is 0 Å². The molecular formula is C2H5O2PS. The molecule has 0 N–H and O–H groups in total. The van der Waals surface area contributed by atoms with Crippen molar-refractivity contribution in [3.63, 3.8) is 0 Å². The molecular weight excluding hydrogens is 119 g/mol. The Morgan fingerprint density at radius 3 is 2.67 bits per heavy atom. The first-order chi connectivity index (χ1) is 2.91. The molecule has 0 amide bonds. The summed E-state index contributed by atoms with van der Waals surface area (Å²) in [5.41, 5.74) is 0. The van der Waals surface area contributed by atoms with E-state index in [1.54, 1.807) is 0 Å². The maximum absolute atomic E-state index is 9.40. The lowest BCUT2D eigenvalue weighted by Crippen LogP contribution is -1.80. The highest BCUT2D eigenvalue weighted by Crippen LogP contribution is 1.91. The summed E-state index contributed by atoms with van der Waals surface area (Å²) >= 11 is 3.79.